The Morgan fingerprint density at radius 3 is 1.62 bits per heavy atom. The molecule has 0 unspecified atom stereocenters. The lowest BCUT2D eigenvalue weighted by molar-refractivity contribution is 0.452. The Hall–Kier alpha value is -3.73. The highest BCUT2D eigenvalue weighted by atomic mass is 16.3. The van der Waals surface area contributed by atoms with E-state index in [-0.39, 0.29) is 22.9 Å². The Balaban J connectivity index is 1.77. The molecule has 2 N–H and O–H groups in total. The first-order chi connectivity index (χ1) is 15.7. The molecular weight excluding hydrogens is 398 g/mol. The van der Waals surface area contributed by atoms with Crippen LogP contribution >= 0.6 is 0 Å². The van der Waals surface area contributed by atoms with Crippen LogP contribution < -0.4 is 0 Å². The Kier molecular flexibility index (Phi) is 6.75. The number of aromatic nitrogens is 3. The van der Waals surface area contributed by atoms with Crippen molar-refractivity contribution in [2.45, 2.75) is 39.0 Å². The Bertz CT molecular complexity index is 1100. The molecule has 0 saturated heterocycles. The first-order valence-corrected chi connectivity index (χ1v) is 11.1. The summed E-state index contributed by atoms with van der Waals surface area (Å²) in [6.07, 6.45) is 5.32. The first-order valence-electron chi connectivity index (χ1n) is 11.1. The minimum Gasteiger partial charge on any atom is -0.507 e. The van der Waals surface area contributed by atoms with Crippen LogP contribution in [0.1, 0.15) is 38.2 Å². The van der Waals surface area contributed by atoms with E-state index in [9.17, 15) is 10.2 Å². The molecule has 3 aromatic carbocycles. The number of aromatic hydroxyl groups is 2. The van der Waals surface area contributed by atoms with Gasteiger partial charge in [0.05, 0.1) is 0 Å². The van der Waals surface area contributed by atoms with Gasteiger partial charge >= 0.3 is 0 Å². The molecule has 5 nitrogen and oxygen atoms in total. The predicted octanol–water partition coefficient (Wildman–Crippen LogP) is 6.41. The predicted molar refractivity (Wildman–Crippen MR) is 127 cm³/mol. The van der Waals surface area contributed by atoms with Crippen molar-refractivity contribution in [3.8, 4) is 45.7 Å². The molecule has 1 aromatic heterocycles. The minimum absolute atomic E-state index is 0.0280. The SMILES string of the molecule is CCCCCCc1cc(O)c(-c2nc(-c3ccccc3)nc(-c3ccccc3)n2)c(O)c1. The van der Waals surface area contributed by atoms with Crippen LogP contribution in [0.2, 0.25) is 0 Å². The van der Waals surface area contributed by atoms with Crippen molar-refractivity contribution in [2.24, 2.45) is 0 Å². The van der Waals surface area contributed by atoms with Crippen LogP contribution in [-0.4, -0.2) is 25.2 Å². The molecule has 4 aromatic rings. The maximum absolute atomic E-state index is 10.8. The molecule has 162 valence electrons. The third-order valence-electron chi connectivity index (χ3n) is 5.40. The van der Waals surface area contributed by atoms with Gasteiger partial charge in [-0.05, 0) is 30.5 Å². The molecule has 0 amide bonds. The van der Waals surface area contributed by atoms with Gasteiger partial charge in [0.2, 0.25) is 0 Å². The third kappa shape index (κ3) is 4.94. The van der Waals surface area contributed by atoms with Crippen molar-refractivity contribution in [1.29, 1.82) is 0 Å². The van der Waals surface area contributed by atoms with Gasteiger partial charge in [0, 0.05) is 11.1 Å². The lowest BCUT2D eigenvalue weighted by Crippen LogP contribution is -2.01. The zero-order chi connectivity index (χ0) is 22.3. The van der Waals surface area contributed by atoms with Gasteiger partial charge in [-0.1, -0.05) is 86.8 Å². The van der Waals surface area contributed by atoms with Gasteiger partial charge in [-0.15, -0.1) is 0 Å². The Morgan fingerprint density at radius 2 is 1.12 bits per heavy atom. The van der Waals surface area contributed by atoms with Crippen molar-refractivity contribution in [2.75, 3.05) is 0 Å². The molecule has 0 aliphatic rings. The standard InChI is InChI=1S/C27H27N3O2/c1-2-3-4-7-12-19-17-22(31)24(23(32)18-19)27-29-25(20-13-8-5-9-14-20)28-26(30-27)21-15-10-6-11-16-21/h5-6,8-11,13-18,31-32H,2-4,7,12H2,1H3. The minimum atomic E-state index is -0.0280. The third-order valence-corrected chi connectivity index (χ3v) is 5.40. The smallest absolute Gasteiger partial charge is 0.171 e. The van der Waals surface area contributed by atoms with Gasteiger partial charge in [-0.25, -0.2) is 15.0 Å². The van der Waals surface area contributed by atoms with Crippen molar-refractivity contribution in [3.63, 3.8) is 0 Å². The van der Waals surface area contributed by atoms with Crippen LogP contribution in [0.4, 0.5) is 0 Å². The fourth-order valence-corrected chi connectivity index (χ4v) is 3.72. The zero-order valence-electron chi connectivity index (χ0n) is 18.2. The molecule has 0 bridgehead atoms. The van der Waals surface area contributed by atoms with Crippen LogP contribution in [0.3, 0.4) is 0 Å². The zero-order valence-corrected chi connectivity index (χ0v) is 18.2. The summed E-state index contributed by atoms with van der Waals surface area (Å²) in [5, 5.41) is 21.6. The molecule has 4 rings (SSSR count). The van der Waals surface area contributed by atoms with Gasteiger partial charge in [-0.3, -0.25) is 0 Å². The number of phenolic OH excluding ortho intramolecular Hbond substituents is 2. The second-order valence-corrected chi connectivity index (χ2v) is 7.86. The Labute approximate surface area is 188 Å². The highest BCUT2D eigenvalue weighted by Gasteiger charge is 2.18. The van der Waals surface area contributed by atoms with Crippen molar-refractivity contribution in [3.05, 3.63) is 78.4 Å². The van der Waals surface area contributed by atoms with Crippen molar-refractivity contribution < 1.29 is 10.2 Å². The average Bonchev–Trinajstić information content (AvgIpc) is 2.82. The molecule has 32 heavy (non-hydrogen) atoms. The molecule has 0 aliphatic heterocycles. The van der Waals surface area contributed by atoms with Gasteiger partial charge in [-0.2, -0.15) is 0 Å². The molecule has 1 heterocycles. The average molecular weight is 426 g/mol. The highest BCUT2D eigenvalue weighted by Crippen LogP contribution is 2.38. The number of unbranched alkanes of at least 4 members (excludes halogenated alkanes) is 3. The lowest BCUT2D eigenvalue weighted by Gasteiger charge is -2.12. The van der Waals surface area contributed by atoms with Crippen LogP contribution in [-0.2, 0) is 6.42 Å². The number of rotatable bonds is 8. The normalized spacial score (nSPS) is 10.9. The van der Waals surface area contributed by atoms with Crippen LogP contribution in [0, 0.1) is 0 Å². The monoisotopic (exact) mass is 425 g/mol. The van der Waals surface area contributed by atoms with Crippen molar-refractivity contribution in [1.82, 2.24) is 15.0 Å². The second kappa shape index (κ2) is 10.1. The topological polar surface area (TPSA) is 79.1 Å². The van der Waals surface area contributed by atoms with Crippen LogP contribution in [0.5, 0.6) is 11.5 Å². The molecule has 0 fully saturated rings. The van der Waals surface area contributed by atoms with Gasteiger partial charge in [0.15, 0.2) is 17.5 Å². The largest absolute Gasteiger partial charge is 0.507 e. The Morgan fingerprint density at radius 1 is 0.625 bits per heavy atom. The van der Waals surface area contributed by atoms with E-state index in [1.54, 1.807) is 12.1 Å². The second-order valence-electron chi connectivity index (χ2n) is 7.86. The summed E-state index contributed by atoms with van der Waals surface area (Å²) >= 11 is 0. The molecule has 0 aliphatic carbocycles. The van der Waals surface area contributed by atoms with E-state index in [1.165, 1.54) is 12.8 Å². The maximum atomic E-state index is 10.8. The fraction of sp³-hybridized carbons (Fsp3) is 0.222. The summed E-state index contributed by atoms with van der Waals surface area (Å²) in [7, 11) is 0. The number of hydrogen-bond acceptors (Lipinski definition) is 5. The van der Waals surface area contributed by atoms with Crippen LogP contribution in [0.15, 0.2) is 72.8 Å². The summed E-state index contributed by atoms with van der Waals surface area (Å²) in [5.41, 5.74) is 2.79. The fourth-order valence-electron chi connectivity index (χ4n) is 3.72. The van der Waals surface area contributed by atoms with E-state index in [0.717, 1.165) is 36.0 Å². The molecule has 0 radical (unpaired) electrons. The number of benzene rings is 3. The number of nitrogens with zero attached hydrogens (tertiary/aromatic N) is 3. The number of aryl methyl sites for hydroxylation is 1. The quantitative estimate of drug-likeness (QED) is 0.319. The summed E-state index contributed by atoms with van der Waals surface area (Å²) in [6, 6.07) is 22.6. The highest BCUT2D eigenvalue weighted by molar-refractivity contribution is 5.74. The van der Waals surface area contributed by atoms with E-state index in [1.807, 2.05) is 60.7 Å². The molecule has 0 spiro atoms. The van der Waals surface area contributed by atoms with E-state index in [2.05, 4.69) is 21.9 Å². The van der Waals surface area contributed by atoms with E-state index in [4.69, 9.17) is 0 Å². The number of hydrogen-bond donors (Lipinski definition) is 2. The first kappa shape index (κ1) is 21.5. The van der Waals surface area contributed by atoms with Gasteiger partial charge in [0.25, 0.3) is 0 Å². The van der Waals surface area contributed by atoms with E-state index < -0.39 is 0 Å². The summed E-state index contributed by atoms with van der Waals surface area (Å²) in [4.78, 5) is 13.8. The molecule has 0 atom stereocenters. The van der Waals surface area contributed by atoms with E-state index >= 15 is 0 Å². The summed E-state index contributed by atoms with van der Waals surface area (Å²) < 4.78 is 0. The summed E-state index contributed by atoms with van der Waals surface area (Å²) in [6.45, 7) is 2.18. The lowest BCUT2D eigenvalue weighted by atomic mass is 10.0. The van der Waals surface area contributed by atoms with E-state index in [0.29, 0.717) is 11.6 Å². The van der Waals surface area contributed by atoms with Gasteiger partial charge in [0.1, 0.15) is 17.1 Å². The number of phenols is 2. The molecule has 5 heteroatoms. The van der Waals surface area contributed by atoms with Gasteiger partial charge < -0.3 is 10.2 Å². The molecular formula is C27H27N3O2. The summed E-state index contributed by atoms with van der Waals surface area (Å²) in [5.74, 6) is 1.15. The van der Waals surface area contributed by atoms with Crippen molar-refractivity contribution >= 4 is 0 Å². The van der Waals surface area contributed by atoms with Crippen LogP contribution in [0.25, 0.3) is 34.2 Å². The molecule has 0 saturated carbocycles. The maximum Gasteiger partial charge on any atom is 0.171 e.